The molecule has 2 aliphatic heterocycles. The van der Waals surface area contributed by atoms with E-state index in [0.29, 0.717) is 59.2 Å². The van der Waals surface area contributed by atoms with Crippen molar-refractivity contribution in [3.8, 4) is 11.5 Å². The van der Waals surface area contributed by atoms with Crippen molar-refractivity contribution in [1.29, 1.82) is 0 Å². The zero-order chi connectivity index (χ0) is 30.6. The largest absolute Gasteiger partial charge is 0.489 e. The fraction of sp³-hybridized carbons (Fsp3) is 0.278. The molecule has 0 saturated carbocycles. The minimum Gasteiger partial charge on any atom is -0.489 e. The summed E-state index contributed by atoms with van der Waals surface area (Å²) in [6.07, 6.45) is 1.33. The molecule has 0 unspecified atom stereocenters. The lowest BCUT2D eigenvalue weighted by molar-refractivity contribution is -0.141. The van der Waals surface area contributed by atoms with Crippen molar-refractivity contribution in [2.24, 2.45) is 5.92 Å². The van der Waals surface area contributed by atoms with Crippen molar-refractivity contribution in [3.63, 3.8) is 0 Å². The van der Waals surface area contributed by atoms with E-state index in [1.807, 2.05) is 47.4 Å². The molecule has 0 atom stereocenters. The van der Waals surface area contributed by atoms with Crippen LogP contribution >= 0.6 is 0 Å². The zero-order valence-corrected chi connectivity index (χ0v) is 24.7. The van der Waals surface area contributed by atoms with Crippen LogP contribution < -0.4 is 14.4 Å². The van der Waals surface area contributed by atoms with E-state index in [0.717, 1.165) is 24.5 Å². The highest BCUT2D eigenvalue weighted by atomic mass is 19.2. The minimum absolute atomic E-state index is 0.0259. The molecule has 228 valence electrons. The first-order valence-corrected chi connectivity index (χ1v) is 14.7. The number of hydrogen-bond acceptors (Lipinski definition) is 5. The average molecular weight is 602 g/mol. The smallest absolute Gasteiger partial charge is 0.166 e. The van der Waals surface area contributed by atoms with Crippen molar-refractivity contribution in [3.05, 3.63) is 125 Å². The second-order valence-corrected chi connectivity index (χ2v) is 11.0. The zero-order valence-electron chi connectivity index (χ0n) is 24.7. The summed E-state index contributed by atoms with van der Waals surface area (Å²) in [7, 11) is 3.26. The number of anilines is 1. The van der Waals surface area contributed by atoms with Gasteiger partial charge in [-0.25, -0.2) is 13.2 Å². The molecule has 0 N–H and O–H groups in total. The molecule has 0 amide bonds. The maximum atomic E-state index is 15.9. The van der Waals surface area contributed by atoms with Gasteiger partial charge in [0, 0.05) is 61.6 Å². The van der Waals surface area contributed by atoms with Gasteiger partial charge in [-0.15, -0.1) is 0 Å². The highest BCUT2D eigenvalue weighted by Crippen LogP contribution is 2.44. The van der Waals surface area contributed by atoms with Crippen molar-refractivity contribution in [2.45, 2.75) is 25.7 Å². The van der Waals surface area contributed by atoms with E-state index in [-0.39, 0.29) is 24.4 Å². The molecule has 5 nitrogen and oxygen atoms in total. The van der Waals surface area contributed by atoms with Gasteiger partial charge in [0.15, 0.2) is 17.9 Å². The van der Waals surface area contributed by atoms with E-state index >= 15 is 8.78 Å². The Morgan fingerprint density at radius 2 is 1.59 bits per heavy atom. The first kappa shape index (κ1) is 29.8. The standard InChI is InChI=1S/C36H34F3NO4/c1-41-36(42-2)24-15-17-40(18-16-24)32-14-11-25(19-31(32)38)34-28-13-12-26(43-21-23-7-4-3-5-8-23)20-33(28)44-22-29(34)27-9-6-10-30(37)35(27)39/h3-14,19-20,24,36H,15-18,21-22H2,1-2H3. The van der Waals surface area contributed by atoms with Crippen LogP contribution in [0.4, 0.5) is 18.9 Å². The molecule has 0 radical (unpaired) electrons. The van der Waals surface area contributed by atoms with Gasteiger partial charge in [0.25, 0.3) is 0 Å². The molecule has 4 aromatic carbocycles. The minimum atomic E-state index is -0.972. The van der Waals surface area contributed by atoms with Crippen LogP contribution in [0.15, 0.2) is 84.9 Å². The summed E-state index contributed by atoms with van der Waals surface area (Å²) in [6.45, 7) is 1.68. The molecule has 2 aliphatic rings. The quantitative estimate of drug-likeness (QED) is 0.183. The highest BCUT2D eigenvalue weighted by molar-refractivity contribution is 6.02. The summed E-state index contributed by atoms with van der Waals surface area (Å²) < 4.78 is 68.3. The molecule has 2 heterocycles. The van der Waals surface area contributed by atoms with Crippen LogP contribution in [0.1, 0.15) is 35.1 Å². The molecule has 0 aliphatic carbocycles. The Morgan fingerprint density at radius 3 is 2.32 bits per heavy atom. The summed E-state index contributed by atoms with van der Waals surface area (Å²) in [6, 6.07) is 24.3. The van der Waals surface area contributed by atoms with Crippen LogP contribution in [0.25, 0.3) is 11.1 Å². The number of halogens is 3. The third-order valence-electron chi connectivity index (χ3n) is 8.39. The van der Waals surface area contributed by atoms with Gasteiger partial charge in [0.05, 0.1) is 5.69 Å². The van der Waals surface area contributed by atoms with E-state index < -0.39 is 17.5 Å². The Labute approximate surface area is 255 Å². The summed E-state index contributed by atoms with van der Waals surface area (Å²) in [5.41, 5.74) is 3.79. The van der Waals surface area contributed by atoms with Gasteiger partial charge in [0.1, 0.15) is 30.5 Å². The fourth-order valence-corrected chi connectivity index (χ4v) is 6.14. The van der Waals surface area contributed by atoms with Crippen LogP contribution in [0.3, 0.4) is 0 Å². The van der Waals surface area contributed by atoms with Gasteiger partial charge in [-0.1, -0.05) is 48.5 Å². The topological polar surface area (TPSA) is 40.2 Å². The molecule has 6 rings (SSSR count). The molecule has 0 aromatic heterocycles. The molecule has 0 bridgehead atoms. The number of fused-ring (bicyclic) bond motifs is 1. The predicted octanol–water partition coefficient (Wildman–Crippen LogP) is 7.87. The van der Waals surface area contributed by atoms with Gasteiger partial charge in [-0.05, 0) is 54.3 Å². The maximum absolute atomic E-state index is 15.9. The third-order valence-corrected chi connectivity index (χ3v) is 8.39. The number of ether oxygens (including phenoxy) is 4. The van der Waals surface area contributed by atoms with E-state index in [9.17, 15) is 4.39 Å². The monoisotopic (exact) mass is 601 g/mol. The number of nitrogens with zero attached hydrogens (tertiary/aromatic N) is 1. The van der Waals surface area contributed by atoms with Crippen LogP contribution in [-0.2, 0) is 16.1 Å². The SMILES string of the molecule is COC(OC)C1CCN(c2ccc(C3=C(c4cccc(F)c4F)COc4cc(OCc5ccccc5)ccc43)cc2F)CC1. The lowest BCUT2D eigenvalue weighted by Gasteiger charge is -2.36. The Morgan fingerprint density at radius 1 is 0.818 bits per heavy atom. The number of rotatable bonds is 9. The van der Waals surface area contributed by atoms with E-state index in [1.54, 1.807) is 32.4 Å². The first-order valence-electron chi connectivity index (χ1n) is 14.7. The van der Waals surface area contributed by atoms with Crippen LogP contribution in [0.2, 0.25) is 0 Å². The van der Waals surface area contributed by atoms with Crippen LogP contribution in [0, 0.1) is 23.4 Å². The summed E-state index contributed by atoms with van der Waals surface area (Å²) >= 11 is 0. The van der Waals surface area contributed by atoms with Crippen molar-refractivity contribution in [2.75, 3.05) is 38.8 Å². The lowest BCUT2D eigenvalue weighted by atomic mass is 9.87. The second kappa shape index (κ2) is 13.2. The Bertz CT molecular complexity index is 1650. The molecular weight excluding hydrogens is 567 g/mol. The molecule has 1 fully saturated rings. The lowest BCUT2D eigenvalue weighted by Crippen LogP contribution is -2.39. The van der Waals surface area contributed by atoms with E-state index in [1.165, 1.54) is 18.2 Å². The van der Waals surface area contributed by atoms with Gasteiger partial charge in [-0.2, -0.15) is 0 Å². The normalized spacial score (nSPS) is 15.4. The molecule has 8 heteroatoms. The third kappa shape index (κ3) is 6.05. The number of piperidine rings is 1. The summed E-state index contributed by atoms with van der Waals surface area (Å²) in [5, 5.41) is 0. The van der Waals surface area contributed by atoms with Gasteiger partial charge in [0.2, 0.25) is 0 Å². The Balaban J connectivity index is 1.34. The summed E-state index contributed by atoms with van der Waals surface area (Å²) in [5.74, 6) is -0.972. The molecule has 44 heavy (non-hydrogen) atoms. The second-order valence-electron chi connectivity index (χ2n) is 11.0. The first-order chi connectivity index (χ1) is 21.5. The molecule has 0 spiro atoms. The average Bonchev–Trinajstić information content (AvgIpc) is 3.06. The highest BCUT2D eigenvalue weighted by Gasteiger charge is 2.29. The maximum Gasteiger partial charge on any atom is 0.166 e. The van der Waals surface area contributed by atoms with Crippen molar-refractivity contribution >= 4 is 16.8 Å². The Hall–Kier alpha value is -4.27. The number of methoxy groups -OCH3 is 2. The Kier molecular flexibility index (Phi) is 8.91. The predicted molar refractivity (Wildman–Crippen MR) is 164 cm³/mol. The van der Waals surface area contributed by atoms with Crippen molar-refractivity contribution < 1.29 is 32.1 Å². The molecule has 4 aromatic rings. The van der Waals surface area contributed by atoms with Gasteiger partial charge < -0.3 is 23.8 Å². The van der Waals surface area contributed by atoms with E-state index in [4.69, 9.17) is 18.9 Å². The molecular formula is C36H34F3NO4. The van der Waals surface area contributed by atoms with Crippen LogP contribution in [-0.4, -0.2) is 40.2 Å². The van der Waals surface area contributed by atoms with E-state index in [2.05, 4.69) is 0 Å². The van der Waals surface area contributed by atoms with Crippen LogP contribution in [0.5, 0.6) is 11.5 Å². The van der Waals surface area contributed by atoms with Gasteiger partial charge in [-0.3, -0.25) is 0 Å². The number of benzene rings is 4. The molecule has 1 saturated heterocycles. The van der Waals surface area contributed by atoms with Crippen molar-refractivity contribution in [1.82, 2.24) is 0 Å². The number of hydrogen-bond donors (Lipinski definition) is 0. The van der Waals surface area contributed by atoms with Gasteiger partial charge >= 0.3 is 0 Å². The fourth-order valence-electron chi connectivity index (χ4n) is 6.14. The summed E-state index contributed by atoms with van der Waals surface area (Å²) in [4.78, 5) is 2.02.